The van der Waals surface area contributed by atoms with Crippen molar-refractivity contribution in [3.8, 4) is 0 Å². The summed E-state index contributed by atoms with van der Waals surface area (Å²) >= 11 is 0. The van der Waals surface area contributed by atoms with Gasteiger partial charge in [-0.25, -0.2) is 13.1 Å². The van der Waals surface area contributed by atoms with Crippen molar-refractivity contribution in [2.75, 3.05) is 39.8 Å². The lowest BCUT2D eigenvalue weighted by Crippen LogP contribution is -2.52. The van der Waals surface area contributed by atoms with Crippen LogP contribution >= 0.6 is 0 Å². The van der Waals surface area contributed by atoms with Crippen LogP contribution in [0.2, 0.25) is 0 Å². The van der Waals surface area contributed by atoms with E-state index in [0.717, 1.165) is 32.6 Å². The first kappa shape index (κ1) is 19.4. The molecule has 2 heterocycles. The Bertz CT molecular complexity index is 613. The van der Waals surface area contributed by atoms with Crippen LogP contribution in [0.3, 0.4) is 0 Å². The van der Waals surface area contributed by atoms with Gasteiger partial charge in [0.2, 0.25) is 10.0 Å². The van der Waals surface area contributed by atoms with Crippen molar-refractivity contribution < 1.29 is 8.42 Å². The van der Waals surface area contributed by atoms with Gasteiger partial charge in [-0.05, 0) is 33.2 Å². The Morgan fingerprint density at radius 1 is 1.21 bits per heavy atom. The highest BCUT2D eigenvalue weighted by atomic mass is 32.2. The van der Waals surface area contributed by atoms with Gasteiger partial charge in [0.05, 0.1) is 11.4 Å². The number of H-pyrrole nitrogens is 1. The molecular weight excluding hydrogens is 326 g/mol. The zero-order valence-corrected chi connectivity index (χ0v) is 16.3. The highest BCUT2D eigenvalue weighted by Crippen LogP contribution is 2.18. The van der Waals surface area contributed by atoms with Crippen LogP contribution in [0, 0.1) is 19.8 Å². The van der Waals surface area contributed by atoms with Crippen LogP contribution in [0.4, 0.5) is 0 Å². The molecule has 0 radical (unpaired) electrons. The third kappa shape index (κ3) is 4.78. The van der Waals surface area contributed by atoms with E-state index in [1.807, 2.05) is 0 Å². The van der Waals surface area contributed by atoms with E-state index in [4.69, 9.17) is 0 Å². The molecule has 0 amide bonds. The number of hydrogen-bond acceptors (Lipinski definition) is 5. The Morgan fingerprint density at radius 3 is 2.33 bits per heavy atom. The molecule has 0 spiro atoms. The van der Waals surface area contributed by atoms with Crippen LogP contribution in [-0.4, -0.2) is 74.2 Å². The number of nitrogens with one attached hydrogen (secondary N) is 2. The minimum atomic E-state index is -3.54. The molecule has 0 aliphatic carbocycles. The number of hydrogen-bond donors (Lipinski definition) is 2. The van der Waals surface area contributed by atoms with Crippen LogP contribution < -0.4 is 4.72 Å². The maximum absolute atomic E-state index is 12.7. The van der Waals surface area contributed by atoms with Crippen LogP contribution in [0.1, 0.15) is 31.7 Å². The molecule has 0 bridgehead atoms. The van der Waals surface area contributed by atoms with Crippen LogP contribution in [0.25, 0.3) is 0 Å². The van der Waals surface area contributed by atoms with E-state index in [1.54, 1.807) is 13.8 Å². The Morgan fingerprint density at radius 2 is 1.83 bits per heavy atom. The van der Waals surface area contributed by atoms with E-state index in [1.165, 1.54) is 0 Å². The number of nitrogens with zero attached hydrogens (tertiary/aromatic N) is 3. The molecule has 2 N–H and O–H groups in total. The fourth-order valence-corrected chi connectivity index (χ4v) is 4.75. The van der Waals surface area contributed by atoms with E-state index in [9.17, 15) is 8.42 Å². The van der Waals surface area contributed by atoms with E-state index < -0.39 is 10.0 Å². The van der Waals surface area contributed by atoms with Crippen LogP contribution in [-0.2, 0) is 10.0 Å². The summed E-state index contributed by atoms with van der Waals surface area (Å²) in [7, 11) is -1.41. The van der Waals surface area contributed by atoms with Gasteiger partial charge in [-0.1, -0.05) is 13.8 Å². The van der Waals surface area contributed by atoms with Gasteiger partial charge in [0.1, 0.15) is 4.90 Å². The summed E-state index contributed by atoms with van der Waals surface area (Å²) in [5.41, 5.74) is 1.10. The quantitative estimate of drug-likeness (QED) is 0.760. The molecule has 1 atom stereocenters. The number of likely N-dealkylation sites (N-methyl/N-ethyl adjacent to an activating group) is 1. The monoisotopic (exact) mass is 357 g/mol. The van der Waals surface area contributed by atoms with E-state index in [0.29, 0.717) is 23.9 Å². The molecule has 1 aliphatic heterocycles. The molecule has 7 nitrogen and oxygen atoms in total. The molecule has 1 aromatic heterocycles. The molecule has 24 heavy (non-hydrogen) atoms. The van der Waals surface area contributed by atoms with Gasteiger partial charge in [-0.15, -0.1) is 0 Å². The Kier molecular flexibility index (Phi) is 6.41. The van der Waals surface area contributed by atoms with Gasteiger partial charge >= 0.3 is 0 Å². The molecule has 1 fully saturated rings. The summed E-state index contributed by atoms with van der Waals surface area (Å²) in [5, 5.41) is 6.74. The molecule has 2 rings (SSSR count). The summed E-state index contributed by atoms with van der Waals surface area (Å²) in [6, 6.07) is 0.223. The Hall–Kier alpha value is -0.960. The highest BCUT2D eigenvalue weighted by Gasteiger charge is 2.27. The fraction of sp³-hybridized carbons (Fsp3) is 0.812. The first-order valence-electron chi connectivity index (χ1n) is 8.64. The standard InChI is InChI=1S/C16H31N5O2S/c1-12(2)10-15(21-8-6-20(5)7-9-21)11-17-24(22,23)16-13(3)18-19-14(16)4/h12,15,17H,6-11H2,1-5H3,(H,18,19). The minimum absolute atomic E-state index is 0.223. The van der Waals surface area contributed by atoms with Gasteiger partial charge in [0.15, 0.2) is 0 Å². The first-order valence-corrected chi connectivity index (χ1v) is 10.1. The number of aromatic amines is 1. The third-order valence-corrected chi connectivity index (χ3v) is 6.32. The molecular formula is C16H31N5O2S. The second kappa shape index (κ2) is 7.95. The molecule has 1 aliphatic rings. The molecule has 0 saturated carbocycles. The molecule has 8 heteroatoms. The third-order valence-electron chi connectivity index (χ3n) is 4.64. The lowest BCUT2D eigenvalue weighted by Gasteiger charge is -2.38. The van der Waals surface area contributed by atoms with Gasteiger partial charge in [-0.2, -0.15) is 5.10 Å². The summed E-state index contributed by atoms with van der Waals surface area (Å²) in [4.78, 5) is 5.01. The number of aryl methyl sites for hydroxylation is 2. The molecule has 0 aromatic carbocycles. The predicted octanol–water partition coefficient (Wildman–Crippen LogP) is 0.967. The second-order valence-corrected chi connectivity index (χ2v) is 8.94. The van der Waals surface area contributed by atoms with Gasteiger partial charge in [0, 0.05) is 38.8 Å². The maximum Gasteiger partial charge on any atom is 0.244 e. The molecule has 1 saturated heterocycles. The number of piperazine rings is 1. The number of sulfonamides is 1. The average Bonchev–Trinajstić information content (AvgIpc) is 2.84. The fourth-order valence-electron chi connectivity index (χ4n) is 3.31. The summed E-state index contributed by atoms with van der Waals surface area (Å²) < 4.78 is 28.1. The number of rotatable bonds is 7. The van der Waals surface area contributed by atoms with Gasteiger partial charge in [0.25, 0.3) is 0 Å². The molecule has 1 unspecified atom stereocenters. The van der Waals surface area contributed by atoms with E-state index in [-0.39, 0.29) is 10.9 Å². The zero-order chi connectivity index (χ0) is 17.9. The second-order valence-electron chi connectivity index (χ2n) is 7.24. The van der Waals surface area contributed by atoms with Gasteiger partial charge in [-0.3, -0.25) is 10.00 Å². The van der Waals surface area contributed by atoms with Crippen molar-refractivity contribution in [2.45, 2.75) is 45.1 Å². The van der Waals surface area contributed by atoms with E-state index >= 15 is 0 Å². The van der Waals surface area contributed by atoms with Gasteiger partial charge < -0.3 is 4.90 Å². The van der Waals surface area contributed by atoms with Crippen molar-refractivity contribution in [2.24, 2.45) is 5.92 Å². The predicted molar refractivity (Wildman–Crippen MR) is 95.6 cm³/mol. The largest absolute Gasteiger partial charge is 0.304 e. The summed E-state index contributed by atoms with van der Waals surface area (Å²) in [6.07, 6.45) is 0.982. The SMILES string of the molecule is Cc1n[nH]c(C)c1S(=O)(=O)NCC(CC(C)C)N1CCN(C)CC1. The van der Waals surface area contributed by atoms with Crippen molar-refractivity contribution in [1.82, 2.24) is 24.7 Å². The van der Waals surface area contributed by atoms with Crippen LogP contribution in [0.5, 0.6) is 0 Å². The molecule has 1 aromatic rings. The normalized spacial score (nSPS) is 19.1. The first-order chi connectivity index (χ1) is 11.2. The van der Waals surface area contributed by atoms with Crippen molar-refractivity contribution in [3.63, 3.8) is 0 Å². The van der Waals surface area contributed by atoms with E-state index in [2.05, 4.69) is 45.6 Å². The molecule has 138 valence electrons. The van der Waals surface area contributed by atoms with Crippen molar-refractivity contribution in [1.29, 1.82) is 0 Å². The summed E-state index contributed by atoms with van der Waals surface area (Å²) in [5.74, 6) is 0.525. The zero-order valence-electron chi connectivity index (χ0n) is 15.5. The Balaban J connectivity index is 2.07. The smallest absolute Gasteiger partial charge is 0.244 e. The maximum atomic E-state index is 12.7. The Labute approximate surface area is 145 Å². The lowest BCUT2D eigenvalue weighted by atomic mass is 10.0. The van der Waals surface area contributed by atoms with Crippen molar-refractivity contribution in [3.05, 3.63) is 11.4 Å². The minimum Gasteiger partial charge on any atom is -0.304 e. The summed E-state index contributed by atoms with van der Waals surface area (Å²) in [6.45, 7) is 12.3. The average molecular weight is 358 g/mol. The highest BCUT2D eigenvalue weighted by molar-refractivity contribution is 7.89. The van der Waals surface area contributed by atoms with Crippen LogP contribution in [0.15, 0.2) is 4.90 Å². The lowest BCUT2D eigenvalue weighted by molar-refractivity contribution is 0.102. The topological polar surface area (TPSA) is 81.3 Å². The number of aromatic nitrogens is 2. The van der Waals surface area contributed by atoms with Crippen molar-refractivity contribution >= 4 is 10.0 Å².